The molecule has 1 aliphatic rings. The third kappa shape index (κ3) is 4.59. The van der Waals surface area contributed by atoms with Gasteiger partial charge in [0, 0.05) is 35.8 Å². The lowest BCUT2D eigenvalue weighted by atomic mass is 10.0. The Morgan fingerprint density at radius 1 is 1.24 bits per heavy atom. The standard InChI is InChI=1S/C22H22ClFN4O/c23-18-9-4-10-19(24)17(18)12-22(29)25-16-8-5-11-28(14-16)21-13-20(26-27-21)15-6-2-1-3-7-15/h1-4,6-7,9-10,13,16H,5,8,11-12,14H2,(H,25,29)(H,26,27)/t16-/m0/s1. The Kier molecular flexibility index (Phi) is 5.81. The SMILES string of the molecule is O=C(Cc1c(F)cccc1Cl)N[C@H]1CCCN(c2cc(-c3ccccc3)[nH]n2)C1. The maximum absolute atomic E-state index is 13.9. The van der Waals surface area contributed by atoms with E-state index in [1.165, 1.54) is 12.1 Å². The predicted octanol–water partition coefficient (Wildman–Crippen LogP) is 4.20. The van der Waals surface area contributed by atoms with Gasteiger partial charge in [0.25, 0.3) is 0 Å². The van der Waals surface area contributed by atoms with Gasteiger partial charge in [-0.3, -0.25) is 9.89 Å². The van der Waals surface area contributed by atoms with Gasteiger partial charge in [-0.25, -0.2) is 4.39 Å². The summed E-state index contributed by atoms with van der Waals surface area (Å²) in [5.74, 6) is 0.179. The Morgan fingerprint density at radius 3 is 2.86 bits per heavy atom. The van der Waals surface area contributed by atoms with E-state index in [4.69, 9.17) is 11.6 Å². The largest absolute Gasteiger partial charge is 0.353 e. The van der Waals surface area contributed by atoms with Crippen molar-refractivity contribution in [3.05, 3.63) is 71.0 Å². The van der Waals surface area contributed by atoms with Crippen LogP contribution < -0.4 is 10.2 Å². The number of nitrogens with one attached hydrogen (secondary N) is 2. The lowest BCUT2D eigenvalue weighted by molar-refractivity contribution is -0.121. The normalized spacial score (nSPS) is 16.6. The van der Waals surface area contributed by atoms with Crippen molar-refractivity contribution in [1.82, 2.24) is 15.5 Å². The molecule has 1 atom stereocenters. The third-order valence-corrected chi connectivity index (χ3v) is 5.51. The number of carbonyl (C=O) groups is 1. The highest BCUT2D eigenvalue weighted by Crippen LogP contribution is 2.24. The van der Waals surface area contributed by atoms with E-state index >= 15 is 0 Å². The summed E-state index contributed by atoms with van der Waals surface area (Å²) in [6.07, 6.45) is 1.75. The Bertz CT molecular complexity index is 971. The molecule has 0 bridgehead atoms. The van der Waals surface area contributed by atoms with Gasteiger partial charge in [0.1, 0.15) is 5.82 Å². The summed E-state index contributed by atoms with van der Waals surface area (Å²) >= 11 is 6.03. The van der Waals surface area contributed by atoms with Crippen molar-refractivity contribution in [3.63, 3.8) is 0 Å². The summed E-state index contributed by atoms with van der Waals surface area (Å²) in [6, 6.07) is 16.5. The summed E-state index contributed by atoms with van der Waals surface area (Å²) in [6.45, 7) is 1.54. The molecule has 29 heavy (non-hydrogen) atoms. The molecule has 3 aromatic rings. The van der Waals surface area contributed by atoms with Gasteiger partial charge in [-0.15, -0.1) is 0 Å². The first-order chi connectivity index (χ1) is 14.1. The van der Waals surface area contributed by atoms with E-state index in [9.17, 15) is 9.18 Å². The second-order valence-corrected chi connectivity index (χ2v) is 7.64. The summed E-state index contributed by atoms with van der Waals surface area (Å²) < 4.78 is 13.9. The van der Waals surface area contributed by atoms with Gasteiger partial charge < -0.3 is 10.2 Å². The number of aromatic amines is 1. The topological polar surface area (TPSA) is 61.0 Å². The number of H-pyrrole nitrogens is 1. The molecule has 1 aromatic heterocycles. The number of benzene rings is 2. The molecule has 1 saturated heterocycles. The molecule has 1 aliphatic heterocycles. The summed E-state index contributed by atoms with van der Waals surface area (Å²) in [5.41, 5.74) is 2.27. The highest BCUT2D eigenvalue weighted by atomic mass is 35.5. The first-order valence-electron chi connectivity index (χ1n) is 9.68. The van der Waals surface area contributed by atoms with Crippen LogP contribution >= 0.6 is 11.6 Å². The van der Waals surface area contributed by atoms with Crippen LogP contribution in [0.1, 0.15) is 18.4 Å². The van der Waals surface area contributed by atoms with Crippen LogP contribution in [-0.4, -0.2) is 35.2 Å². The van der Waals surface area contributed by atoms with Crippen LogP contribution in [0.3, 0.4) is 0 Å². The zero-order chi connectivity index (χ0) is 20.2. The zero-order valence-electron chi connectivity index (χ0n) is 15.9. The van der Waals surface area contributed by atoms with Crippen LogP contribution in [0.25, 0.3) is 11.3 Å². The van der Waals surface area contributed by atoms with Crippen molar-refractivity contribution in [2.24, 2.45) is 0 Å². The lowest BCUT2D eigenvalue weighted by Crippen LogP contribution is -2.48. The first-order valence-corrected chi connectivity index (χ1v) is 10.1. The van der Waals surface area contributed by atoms with Crippen molar-refractivity contribution in [1.29, 1.82) is 0 Å². The van der Waals surface area contributed by atoms with Gasteiger partial charge in [-0.2, -0.15) is 5.10 Å². The van der Waals surface area contributed by atoms with E-state index < -0.39 is 5.82 Å². The highest BCUT2D eigenvalue weighted by molar-refractivity contribution is 6.31. The number of anilines is 1. The average molecular weight is 413 g/mol. The fraction of sp³-hybridized carbons (Fsp3) is 0.273. The van der Waals surface area contributed by atoms with Crippen molar-refractivity contribution in [2.45, 2.75) is 25.3 Å². The Labute approximate surface area is 173 Å². The molecule has 1 amide bonds. The van der Waals surface area contributed by atoms with Gasteiger partial charge >= 0.3 is 0 Å². The van der Waals surface area contributed by atoms with Crippen LogP contribution in [-0.2, 0) is 11.2 Å². The molecule has 0 unspecified atom stereocenters. The molecule has 2 aromatic carbocycles. The van der Waals surface area contributed by atoms with Crippen molar-refractivity contribution in [3.8, 4) is 11.3 Å². The van der Waals surface area contributed by atoms with Crippen LogP contribution in [0.2, 0.25) is 5.02 Å². The molecule has 1 fully saturated rings. The average Bonchev–Trinajstić information content (AvgIpc) is 3.22. The monoisotopic (exact) mass is 412 g/mol. The Hall–Kier alpha value is -2.86. The second-order valence-electron chi connectivity index (χ2n) is 7.24. The van der Waals surface area contributed by atoms with Crippen LogP contribution in [0.5, 0.6) is 0 Å². The van der Waals surface area contributed by atoms with E-state index in [0.717, 1.165) is 36.5 Å². The van der Waals surface area contributed by atoms with Gasteiger partial charge in [0.05, 0.1) is 12.1 Å². The molecule has 7 heteroatoms. The molecule has 2 heterocycles. The van der Waals surface area contributed by atoms with Crippen molar-refractivity contribution >= 4 is 23.3 Å². The minimum Gasteiger partial charge on any atom is -0.353 e. The number of halogens is 2. The molecule has 0 radical (unpaired) electrons. The van der Waals surface area contributed by atoms with E-state index in [1.807, 2.05) is 36.4 Å². The molecule has 0 aliphatic carbocycles. The number of rotatable bonds is 5. The minimum absolute atomic E-state index is 0.0151. The van der Waals surface area contributed by atoms with E-state index in [2.05, 4.69) is 20.4 Å². The van der Waals surface area contributed by atoms with E-state index in [-0.39, 0.29) is 29.0 Å². The third-order valence-electron chi connectivity index (χ3n) is 5.16. The molecule has 0 saturated carbocycles. The quantitative estimate of drug-likeness (QED) is 0.660. The number of aromatic nitrogens is 2. The molecule has 5 nitrogen and oxygen atoms in total. The number of nitrogens with zero attached hydrogens (tertiary/aromatic N) is 2. The predicted molar refractivity (Wildman–Crippen MR) is 113 cm³/mol. The number of amides is 1. The minimum atomic E-state index is -0.456. The Morgan fingerprint density at radius 2 is 2.07 bits per heavy atom. The van der Waals surface area contributed by atoms with E-state index in [0.29, 0.717) is 6.54 Å². The summed E-state index contributed by atoms with van der Waals surface area (Å²) in [4.78, 5) is 14.6. The number of piperidine rings is 1. The fourth-order valence-corrected chi connectivity index (χ4v) is 3.91. The zero-order valence-corrected chi connectivity index (χ0v) is 16.6. The highest BCUT2D eigenvalue weighted by Gasteiger charge is 2.24. The number of carbonyl (C=O) groups excluding carboxylic acids is 1. The van der Waals surface area contributed by atoms with Crippen LogP contribution in [0, 0.1) is 5.82 Å². The smallest absolute Gasteiger partial charge is 0.224 e. The maximum atomic E-state index is 13.9. The van der Waals surface area contributed by atoms with Crippen LogP contribution in [0.4, 0.5) is 10.2 Å². The van der Waals surface area contributed by atoms with Gasteiger partial charge in [0.2, 0.25) is 5.91 Å². The maximum Gasteiger partial charge on any atom is 0.224 e. The lowest BCUT2D eigenvalue weighted by Gasteiger charge is -2.33. The van der Waals surface area contributed by atoms with E-state index in [1.54, 1.807) is 6.07 Å². The molecular weight excluding hydrogens is 391 g/mol. The van der Waals surface area contributed by atoms with Crippen LogP contribution in [0.15, 0.2) is 54.6 Å². The number of hydrogen-bond acceptors (Lipinski definition) is 3. The van der Waals surface area contributed by atoms with Gasteiger partial charge in [-0.1, -0.05) is 48.0 Å². The molecule has 2 N–H and O–H groups in total. The molecule has 4 rings (SSSR count). The molecular formula is C22H22ClFN4O. The van der Waals surface area contributed by atoms with Gasteiger partial charge in [0.15, 0.2) is 5.82 Å². The summed E-state index contributed by atoms with van der Waals surface area (Å²) in [7, 11) is 0. The summed E-state index contributed by atoms with van der Waals surface area (Å²) in [5, 5.41) is 10.8. The van der Waals surface area contributed by atoms with Crippen molar-refractivity contribution in [2.75, 3.05) is 18.0 Å². The molecule has 0 spiro atoms. The second kappa shape index (κ2) is 8.66. The first kappa shape index (κ1) is 19.5. The Balaban J connectivity index is 1.39. The number of hydrogen-bond donors (Lipinski definition) is 2. The van der Waals surface area contributed by atoms with Crippen molar-refractivity contribution < 1.29 is 9.18 Å². The molecule has 150 valence electrons. The van der Waals surface area contributed by atoms with Gasteiger partial charge in [-0.05, 0) is 30.5 Å². The fourth-order valence-electron chi connectivity index (χ4n) is 3.68.